The molecule has 0 saturated carbocycles. The molecule has 3 heteroatoms. The number of benzene rings is 2. The summed E-state index contributed by atoms with van der Waals surface area (Å²) in [5.74, 6) is 0. The van der Waals surface area contributed by atoms with Gasteiger partial charge in [-0.05, 0) is 66.3 Å². The van der Waals surface area contributed by atoms with E-state index in [-0.39, 0.29) is 6.04 Å². The molecule has 4 rings (SSSR count). The van der Waals surface area contributed by atoms with Crippen LogP contribution in [0.1, 0.15) is 33.9 Å². The first-order valence-corrected chi connectivity index (χ1v) is 8.78. The molecule has 0 radical (unpaired) electrons. The minimum atomic E-state index is 0.178. The molecule has 1 atom stereocenters. The fourth-order valence-corrected chi connectivity index (χ4v) is 3.65. The van der Waals surface area contributed by atoms with E-state index in [4.69, 9.17) is 5.73 Å². The molecule has 0 aliphatic carbocycles. The van der Waals surface area contributed by atoms with Crippen LogP contribution >= 0.6 is 0 Å². The molecule has 126 valence electrons. The maximum absolute atomic E-state index is 6.20. The van der Waals surface area contributed by atoms with Gasteiger partial charge in [-0.1, -0.05) is 30.3 Å². The maximum atomic E-state index is 6.20. The second-order valence-corrected chi connectivity index (χ2v) is 6.85. The second-order valence-electron chi connectivity index (χ2n) is 6.85. The smallest absolute Gasteiger partial charge is 0.0704 e. The topological polar surface area (TPSA) is 50.9 Å². The summed E-state index contributed by atoms with van der Waals surface area (Å²) in [6, 6.07) is 17.3. The van der Waals surface area contributed by atoms with Crippen molar-refractivity contribution >= 4 is 5.69 Å². The fourth-order valence-electron chi connectivity index (χ4n) is 3.65. The number of fused-ring (bicyclic) bond motifs is 1. The Labute approximate surface area is 148 Å². The van der Waals surface area contributed by atoms with E-state index in [1.54, 1.807) is 0 Å². The molecule has 1 aliphatic heterocycles. The molecule has 2 aromatic carbocycles. The quantitative estimate of drug-likeness (QED) is 0.693. The predicted molar refractivity (Wildman–Crippen MR) is 104 cm³/mol. The first-order chi connectivity index (χ1) is 12.1. The Bertz CT molecular complexity index is 913. The highest BCUT2D eigenvalue weighted by Gasteiger charge is 2.23. The molecule has 3 nitrogen and oxygen atoms in total. The van der Waals surface area contributed by atoms with E-state index < -0.39 is 0 Å². The number of nitrogens with zero attached hydrogens (tertiary/aromatic N) is 1. The van der Waals surface area contributed by atoms with Gasteiger partial charge in [0.15, 0.2) is 0 Å². The zero-order valence-electron chi connectivity index (χ0n) is 14.7. The van der Waals surface area contributed by atoms with Crippen LogP contribution in [0.4, 0.5) is 5.69 Å². The third kappa shape index (κ3) is 2.92. The Hall–Kier alpha value is -2.65. The highest BCUT2D eigenvalue weighted by Crippen LogP contribution is 2.34. The Morgan fingerprint density at radius 3 is 2.76 bits per heavy atom. The largest absolute Gasteiger partial charge is 0.398 e. The van der Waals surface area contributed by atoms with E-state index in [1.165, 1.54) is 33.4 Å². The van der Waals surface area contributed by atoms with E-state index in [1.807, 2.05) is 18.3 Å². The van der Waals surface area contributed by atoms with Crippen molar-refractivity contribution in [1.82, 2.24) is 10.3 Å². The van der Waals surface area contributed by atoms with Crippen LogP contribution in [0, 0.1) is 13.8 Å². The zero-order valence-corrected chi connectivity index (χ0v) is 14.7. The normalized spacial score (nSPS) is 16.5. The van der Waals surface area contributed by atoms with Crippen LogP contribution in [-0.4, -0.2) is 11.5 Å². The molecule has 1 aromatic heterocycles. The lowest BCUT2D eigenvalue weighted by atomic mass is 9.87. The van der Waals surface area contributed by atoms with E-state index in [2.05, 4.69) is 60.5 Å². The molecule has 3 aromatic rings. The van der Waals surface area contributed by atoms with Crippen molar-refractivity contribution in [3.05, 3.63) is 82.5 Å². The number of aryl methyl sites for hydroxylation is 2. The van der Waals surface area contributed by atoms with Crippen molar-refractivity contribution in [1.29, 1.82) is 0 Å². The first kappa shape index (κ1) is 15.9. The monoisotopic (exact) mass is 329 g/mol. The summed E-state index contributed by atoms with van der Waals surface area (Å²) in [5, 5.41) is 3.65. The van der Waals surface area contributed by atoms with Gasteiger partial charge < -0.3 is 11.1 Å². The van der Waals surface area contributed by atoms with Crippen LogP contribution in [0.3, 0.4) is 0 Å². The number of hydrogen-bond acceptors (Lipinski definition) is 3. The highest BCUT2D eigenvalue weighted by molar-refractivity contribution is 5.65. The van der Waals surface area contributed by atoms with Crippen molar-refractivity contribution in [3.8, 4) is 11.3 Å². The summed E-state index contributed by atoms with van der Waals surface area (Å²) in [6.07, 6.45) is 2.91. The molecule has 1 unspecified atom stereocenters. The first-order valence-electron chi connectivity index (χ1n) is 8.78. The molecule has 0 spiro atoms. The summed E-state index contributed by atoms with van der Waals surface area (Å²) in [6.45, 7) is 5.14. The Balaban J connectivity index is 1.79. The van der Waals surface area contributed by atoms with Crippen molar-refractivity contribution < 1.29 is 0 Å². The average Bonchev–Trinajstić information content (AvgIpc) is 2.63. The number of nitrogens with one attached hydrogen (secondary N) is 1. The summed E-state index contributed by atoms with van der Waals surface area (Å²) in [7, 11) is 0. The van der Waals surface area contributed by atoms with Gasteiger partial charge in [0, 0.05) is 24.0 Å². The number of nitrogens with two attached hydrogens (primary N) is 1. The summed E-state index contributed by atoms with van der Waals surface area (Å²) < 4.78 is 0. The molecule has 25 heavy (non-hydrogen) atoms. The Morgan fingerprint density at radius 2 is 1.96 bits per heavy atom. The Kier molecular flexibility index (Phi) is 4.02. The van der Waals surface area contributed by atoms with Crippen LogP contribution in [0.15, 0.2) is 54.7 Å². The van der Waals surface area contributed by atoms with Gasteiger partial charge in [0.2, 0.25) is 0 Å². The van der Waals surface area contributed by atoms with Crippen molar-refractivity contribution in [2.45, 2.75) is 26.3 Å². The van der Waals surface area contributed by atoms with Crippen LogP contribution in [0.2, 0.25) is 0 Å². The molecule has 0 bridgehead atoms. The van der Waals surface area contributed by atoms with Crippen LogP contribution in [0.25, 0.3) is 11.3 Å². The SMILES string of the molecule is Cc1ccc(-c2cc(C3NCCc4c(N)cccc43)ccc2C)nc1. The minimum Gasteiger partial charge on any atom is -0.398 e. The predicted octanol–water partition coefficient (Wildman–Crippen LogP) is 4.18. The maximum Gasteiger partial charge on any atom is 0.0704 e. The number of rotatable bonds is 2. The third-order valence-corrected chi connectivity index (χ3v) is 5.07. The molecular weight excluding hydrogens is 306 g/mol. The van der Waals surface area contributed by atoms with Gasteiger partial charge in [0.25, 0.3) is 0 Å². The summed E-state index contributed by atoms with van der Waals surface area (Å²) in [4.78, 5) is 4.61. The standard InChI is InChI=1S/C22H23N3/c1-14-6-9-21(25-13-14)19-12-16(8-7-15(19)2)22-18-4-3-5-20(23)17(18)10-11-24-22/h3-9,12-13,22,24H,10-11,23H2,1-2H3. The van der Waals surface area contributed by atoms with Crippen LogP contribution in [0.5, 0.6) is 0 Å². The highest BCUT2D eigenvalue weighted by atomic mass is 14.9. The molecule has 0 amide bonds. The molecule has 1 aliphatic rings. The van der Waals surface area contributed by atoms with Crippen molar-refractivity contribution in [2.24, 2.45) is 0 Å². The van der Waals surface area contributed by atoms with Crippen LogP contribution in [-0.2, 0) is 6.42 Å². The molecule has 2 heterocycles. The average molecular weight is 329 g/mol. The van der Waals surface area contributed by atoms with Gasteiger partial charge >= 0.3 is 0 Å². The number of pyridine rings is 1. The number of anilines is 1. The Morgan fingerprint density at radius 1 is 1.08 bits per heavy atom. The van der Waals surface area contributed by atoms with Gasteiger partial charge in [-0.15, -0.1) is 0 Å². The third-order valence-electron chi connectivity index (χ3n) is 5.07. The lowest BCUT2D eigenvalue weighted by Gasteiger charge is -2.29. The second kappa shape index (κ2) is 6.34. The van der Waals surface area contributed by atoms with Gasteiger partial charge in [0.1, 0.15) is 0 Å². The van der Waals surface area contributed by atoms with Crippen molar-refractivity contribution in [3.63, 3.8) is 0 Å². The van der Waals surface area contributed by atoms with E-state index >= 15 is 0 Å². The summed E-state index contributed by atoms with van der Waals surface area (Å²) >= 11 is 0. The zero-order chi connectivity index (χ0) is 17.4. The number of aromatic nitrogens is 1. The van der Waals surface area contributed by atoms with Gasteiger partial charge in [-0.3, -0.25) is 4.98 Å². The van der Waals surface area contributed by atoms with E-state index in [0.29, 0.717) is 0 Å². The molecule has 0 saturated heterocycles. The lowest BCUT2D eigenvalue weighted by Crippen LogP contribution is -2.31. The molecule has 3 N–H and O–H groups in total. The molecule has 0 fully saturated rings. The summed E-state index contributed by atoms with van der Waals surface area (Å²) in [5.41, 5.74) is 15.6. The molecular formula is C22H23N3. The van der Waals surface area contributed by atoms with E-state index in [0.717, 1.165) is 24.3 Å². The van der Waals surface area contributed by atoms with Crippen LogP contribution < -0.4 is 11.1 Å². The lowest BCUT2D eigenvalue weighted by molar-refractivity contribution is 0.569. The fraction of sp³-hybridized carbons (Fsp3) is 0.227. The van der Waals surface area contributed by atoms with Crippen molar-refractivity contribution in [2.75, 3.05) is 12.3 Å². The number of hydrogen-bond donors (Lipinski definition) is 2. The van der Waals surface area contributed by atoms with Gasteiger partial charge in [-0.2, -0.15) is 0 Å². The van der Waals surface area contributed by atoms with Gasteiger partial charge in [0.05, 0.1) is 11.7 Å². The van der Waals surface area contributed by atoms with Gasteiger partial charge in [-0.25, -0.2) is 0 Å². The minimum absolute atomic E-state index is 0.178. The van der Waals surface area contributed by atoms with E-state index in [9.17, 15) is 0 Å². The number of nitrogen functional groups attached to an aromatic ring is 1.